The maximum absolute atomic E-state index is 11.2. The lowest BCUT2D eigenvalue weighted by Crippen LogP contribution is -2.12. The highest BCUT2D eigenvalue weighted by molar-refractivity contribution is 7.09. The molecule has 0 amide bonds. The molecular formula is C14H20N4O2S. The third-order valence-corrected chi connectivity index (χ3v) is 4.21. The van der Waals surface area contributed by atoms with Gasteiger partial charge >= 0.3 is 5.97 Å². The Hall–Kier alpha value is -1.76. The summed E-state index contributed by atoms with van der Waals surface area (Å²) in [5.74, 6) is -0.302. The molecule has 0 saturated heterocycles. The predicted molar refractivity (Wildman–Crippen MR) is 80.8 cm³/mol. The zero-order valence-corrected chi connectivity index (χ0v) is 13.5. The van der Waals surface area contributed by atoms with Crippen molar-refractivity contribution < 1.29 is 9.90 Å². The SMILES string of the molecule is CC(C)Cc1c(C(=O)O)nnn1Cc1csc(C(C)C)n1. The van der Waals surface area contributed by atoms with Crippen molar-refractivity contribution in [3.63, 3.8) is 0 Å². The summed E-state index contributed by atoms with van der Waals surface area (Å²) in [7, 11) is 0. The van der Waals surface area contributed by atoms with Crippen LogP contribution in [0, 0.1) is 5.92 Å². The van der Waals surface area contributed by atoms with Crippen molar-refractivity contribution in [1.29, 1.82) is 0 Å². The fraction of sp³-hybridized carbons (Fsp3) is 0.571. The lowest BCUT2D eigenvalue weighted by atomic mass is 10.1. The van der Waals surface area contributed by atoms with Crippen molar-refractivity contribution in [3.05, 3.63) is 27.5 Å². The van der Waals surface area contributed by atoms with Gasteiger partial charge in [0.2, 0.25) is 0 Å². The summed E-state index contributed by atoms with van der Waals surface area (Å²) in [5.41, 5.74) is 1.61. The van der Waals surface area contributed by atoms with Gasteiger partial charge in [0, 0.05) is 11.3 Å². The van der Waals surface area contributed by atoms with Crippen LogP contribution in [0.25, 0.3) is 0 Å². The molecule has 2 rings (SSSR count). The lowest BCUT2D eigenvalue weighted by Gasteiger charge is -2.08. The summed E-state index contributed by atoms with van der Waals surface area (Å²) in [4.78, 5) is 15.8. The highest BCUT2D eigenvalue weighted by Gasteiger charge is 2.20. The molecule has 0 fully saturated rings. The molecule has 0 aliphatic heterocycles. The highest BCUT2D eigenvalue weighted by atomic mass is 32.1. The van der Waals surface area contributed by atoms with Gasteiger partial charge in [0.05, 0.1) is 22.9 Å². The first-order valence-electron chi connectivity index (χ1n) is 6.98. The normalized spacial score (nSPS) is 11.5. The van der Waals surface area contributed by atoms with Crippen molar-refractivity contribution in [2.45, 2.75) is 46.6 Å². The van der Waals surface area contributed by atoms with Crippen LogP contribution in [0.1, 0.15) is 60.5 Å². The Balaban J connectivity index is 2.28. The van der Waals surface area contributed by atoms with Crippen molar-refractivity contribution >= 4 is 17.3 Å². The minimum atomic E-state index is -1.03. The van der Waals surface area contributed by atoms with Gasteiger partial charge < -0.3 is 5.11 Å². The number of hydrogen-bond donors (Lipinski definition) is 1. The smallest absolute Gasteiger partial charge is 0.358 e. The molecular weight excluding hydrogens is 288 g/mol. The number of carboxylic acid groups (broad SMARTS) is 1. The second kappa shape index (κ2) is 6.34. The van der Waals surface area contributed by atoms with Gasteiger partial charge in [0.25, 0.3) is 0 Å². The Labute approximate surface area is 127 Å². The maximum atomic E-state index is 11.2. The summed E-state index contributed by atoms with van der Waals surface area (Å²) >= 11 is 1.62. The van der Waals surface area contributed by atoms with E-state index in [1.54, 1.807) is 16.0 Å². The number of nitrogens with zero attached hydrogens (tertiary/aromatic N) is 4. The van der Waals surface area contributed by atoms with E-state index in [1.807, 2.05) is 19.2 Å². The molecule has 2 aromatic rings. The molecule has 0 unspecified atom stereocenters. The van der Waals surface area contributed by atoms with Crippen LogP contribution in [0.15, 0.2) is 5.38 Å². The molecule has 0 atom stereocenters. The number of thiazole rings is 1. The third-order valence-electron chi connectivity index (χ3n) is 3.02. The second-order valence-electron chi connectivity index (χ2n) is 5.78. The summed E-state index contributed by atoms with van der Waals surface area (Å²) in [6.07, 6.45) is 0.635. The van der Waals surface area contributed by atoms with Crippen LogP contribution in [0.5, 0.6) is 0 Å². The summed E-state index contributed by atoms with van der Waals surface area (Å²) in [6.45, 7) is 8.76. The van der Waals surface area contributed by atoms with E-state index in [1.165, 1.54) is 0 Å². The van der Waals surface area contributed by atoms with Crippen molar-refractivity contribution in [1.82, 2.24) is 20.0 Å². The standard InChI is InChI=1S/C14H20N4O2S/c1-8(2)5-11-12(14(19)20)16-17-18(11)6-10-7-21-13(15-10)9(3)4/h7-9H,5-6H2,1-4H3,(H,19,20). The zero-order chi connectivity index (χ0) is 15.6. The molecule has 0 saturated carbocycles. The van der Waals surface area contributed by atoms with E-state index in [2.05, 4.69) is 29.1 Å². The molecule has 0 aromatic carbocycles. The topological polar surface area (TPSA) is 80.9 Å². The highest BCUT2D eigenvalue weighted by Crippen LogP contribution is 2.20. The average molecular weight is 308 g/mol. The van der Waals surface area contributed by atoms with Crippen LogP contribution in [0.4, 0.5) is 0 Å². The Morgan fingerprint density at radius 3 is 2.62 bits per heavy atom. The molecule has 6 nitrogen and oxygen atoms in total. The van der Waals surface area contributed by atoms with E-state index >= 15 is 0 Å². The Kier molecular flexibility index (Phi) is 4.72. The number of rotatable bonds is 6. The molecule has 2 heterocycles. The van der Waals surface area contributed by atoms with Gasteiger partial charge in [0.15, 0.2) is 5.69 Å². The van der Waals surface area contributed by atoms with Crippen LogP contribution >= 0.6 is 11.3 Å². The van der Waals surface area contributed by atoms with Gasteiger partial charge in [-0.2, -0.15) is 0 Å². The summed E-state index contributed by atoms with van der Waals surface area (Å²) in [6, 6.07) is 0. The summed E-state index contributed by atoms with van der Waals surface area (Å²) in [5, 5.41) is 20.1. The van der Waals surface area contributed by atoms with Crippen molar-refractivity contribution in [2.24, 2.45) is 5.92 Å². The van der Waals surface area contributed by atoms with Gasteiger partial charge in [-0.3, -0.25) is 0 Å². The summed E-state index contributed by atoms with van der Waals surface area (Å²) < 4.78 is 1.66. The Morgan fingerprint density at radius 2 is 2.10 bits per heavy atom. The van der Waals surface area contributed by atoms with E-state index in [0.717, 1.165) is 10.7 Å². The number of hydrogen-bond acceptors (Lipinski definition) is 5. The monoisotopic (exact) mass is 308 g/mol. The van der Waals surface area contributed by atoms with Gasteiger partial charge in [-0.05, 0) is 12.3 Å². The Bertz CT molecular complexity index is 631. The minimum Gasteiger partial charge on any atom is -0.476 e. The van der Waals surface area contributed by atoms with E-state index < -0.39 is 5.97 Å². The largest absolute Gasteiger partial charge is 0.476 e. The van der Waals surface area contributed by atoms with Crippen LogP contribution in [-0.2, 0) is 13.0 Å². The zero-order valence-electron chi connectivity index (χ0n) is 12.7. The minimum absolute atomic E-state index is 0.0445. The van der Waals surface area contributed by atoms with E-state index in [-0.39, 0.29) is 5.69 Å². The fourth-order valence-electron chi connectivity index (χ4n) is 2.03. The number of aromatic nitrogens is 4. The number of carbonyl (C=O) groups is 1. The molecule has 2 aromatic heterocycles. The van der Waals surface area contributed by atoms with Crippen LogP contribution in [0.3, 0.4) is 0 Å². The molecule has 0 aliphatic carbocycles. The molecule has 1 N–H and O–H groups in total. The van der Waals surface area contributed by atoms with Crippen LogP contribution in [-0.4, -0.2) is 31.1 Å². The van der Waals surface area contributed by atoms with Crippen LogP contribution < -0.4 is 0 Å². The first-order valence-corrected chi connectivity index (χ1v) is 7.86. The molecule has 114 valence electrons. The lowest BCUT2D eigenvalue weighted by molar-refractivity contribution is 0.0689. The second-order valence-corrected chi connectivity index (χ2v) is 6.67. The quantitative estimate of drug-likeness (QED) is 0.887. The van der Waals surface area contributed by atoms with Crippen molar-refractivity contribution in [3.8, 4) is 0 Å². The maximum Gasteiger partial charge on any atom is 0.358 e. The van der Waals surface area contributed by atoms with Gasteiger partial charge in [-0.15, -0.1) is 16.4 Å². The third kappa shape index (κ3) is 3.66. The molecule has 0 spiro atoms. The molecule has 0 aliphatic rings. The predicted octanol–water partition coefficient (Wildman–Crippen LogP) is 2.80. The van der Waals surface area contributed by atoms with E-state index in [9.17, 15) is 9.90 Å². The molecule has 7 heteroatoms. The average Bonchev–Trinajstić information content (AvgIpc) is 2.97. The number of carboxylic acids is 1. The fourth-order valence-corrected chi connectivity index (χ4v) is 2.85. The number of aromatic carboxylic acids is 1. The van der Waals surface area contributed by atoms with Gasteiger partial charge in [-0.1, -0.05) is 32.9 Å². The molecule has 0 bridgehead atoms. The van der Waals surface area contributed by atoms with Crippen molar-refractivity contribution in [2.75, 3.05) is 0 Å². The van der Waals surface area contributed by atoms with Gasteiger partial charge in [-0.25, -0.2) is 14.5 Å². The first kappa shape index (κ1) is 15.6. The molecule has 0 radical (unpaired) electrons. The Morgan fingerprint density at radius 1 is 1.38 bits per heavy atom. The van der Waals surface area contributed by atoms with E-state index in [0.29, 0.717) is 30.5 Å². The molecule has 21 heavy (non-hydrogen) atoms. The van der Waals surface area contributed by atoms with Crippen LogP contribution in [0.2, 0.25) is 0 Å². The first-order chi connectivity index (χ1) is 9.88. The van der Waals surface area contributed by atoms with Gasteiger partial charge in [0.1, 0.15) is 0 Å². The van der Waals surface area contributed by atoms with E-state index in [4.69, 9.17) is 0 Å².